The van der Waals surface area contributed by atoms with E-state index in [1.165, 1.54) is 32.1 Å². The van der Waals surface area contributed by atoms with Gasteiger partial charge in [0.05, 0.1) is 0 Å². The normalized spacial score (nSPS) is 30.2. The fraction of sp³-hybridized carbons (Fsp3) is 0.818. The van der Waals surface area contributed by atoms with Crippen LogP contribution in [0.4, 0.5) is 0 Å². The second kappa shape index (κ2) is 6.28. The van der Waals surface area contributed by atoms with Gasteiger partial charge in [0.2, 0.25) is 0 Å². The lowest BCUT2D eigenvalue weighted by molar-refractivity contribution is 0.284. The van der Waals surface area contributed by atoms with Crippen molar-refractivity contribution in [1.29, 1.82) is 0 Å². The minimum absolute atomic E-state index is 1.02. The van der Waals surface area contributed by atoms with E-state index < -0.39 is 0 Å². The smallest absolute Gasteiger partial charge is 0.0417 e. The van der Waals surface area contributed by atoms with E-state index in [2.05, 4.69) is 26.7 Å². The molecule has 1 aliphatic carbocycles. The van der Waals surface area contributed by atoms with E-state index in [1.807, 2.05) is 0 Å². The molecule has 0 aliphatic heterocycles. The summed E-state index contributed by atoms with van der Waals surface area (Å²) in [4.78, 5) is 0. The number of hydrogen-bond donors (Lipinski definition) is 0. The zero-order chi connectivity index (χ0) is 8.69. The van der Waals surface area contributed by atoms with Gasteiger partial charge in [-0.3, -0.25) is 0 Å². The van der Waals surface area contributed by atoms with Crippen molar-refractivity contribution in [2.75, 3.05) is 0 Å². The molecule has 0 nitrogen and oxygen atoms in total. The Balaban J connectivity index is 0.000000461. The molecule has 64 valence electrons. The van der Waals surface area contributed by atoms with E-state index in [0.29, 0.717) is 0 Å². The molecular weight excluding hydrogens is 132 g/mol. The van der Waals surface area contributed by atoms with Crippen LogP contribution < -0.4 is 0 Å². The first-order valence-corrected chi connectivity index (χ1v) is 4.66. The Bertz CT molecular complexity index is 93.9. The van der Waals surface area contributed by atoms with Crippen molar-refractivity contribution in [3.05, 3.63) is 0 Å². The second-order valence-corrected chi connectivity index (χ2v) is 3.53. The summed E-state index contributed by atoms with van der Waals surface area (Å²) < 4.78 is 0. The lowest BCUT2D eigenvalue weighted by atomic mass is 9.82. The Morgan fingerprint density at radius 3 is 1.91 bits per heavy atom. The zero-order valence-corrected chi connectivity index (χ0v) is 7.84. The molecule has 1 rings (SSSR count). The molecule has 0 heterocycles. The van der Waals surface area contributed by atoms with E-state index in [9.17, 15) is 0 Å². The molecule has 0 amide bonds. The van der Waals surface area contributed by atoms with Crippen LogP contribution >= 0.6 is 0 Å². The van der Waals surface area contributed by atoms with Crippen molar-refractivity contribution in [2.24, 2.45) is 11.8 Å². The summed E-state index contributed by atoms with van der Waals surface area (Å²) in [5.74, 6) is 2.09. The highest BCUT2D eigenvalue weighted by molar-refractivity contribution is 4.68. The van der Waals surface area contributed by atoms with E-state index in [4.69, 9.17) is 0 Å². The van der Waals surface area contributed by atoms with E-state index in [0.717, 1.165) is 11.8 Å². The van der Waals surface area contributed by atoms with Gasteiger partial charge in [-0.25, -0.2) is 0 Å². The monoisotopic (exact) mass is 152 g/mol. The fourth-order valence-electron chi connectivity index (χ4n) is 1.74. The van der Waals surface area contributed by atoms with Crippen LogP contribution in [0.5, 0.6) is 0 Å². The molecule has 0 spiro atoms. The lowest BCUT2D eigenvalue weighted by Crippen LogP contribution is -2.10. The van der Waals surface area contributed by atoms with Crippen LogP contribution in [0.2, 0.25) is 0 Å². The molecule has 0 heteroatoms. The van der Waals surface area contributed by atoms with Gasteiger partial charge in [0.25, 0.3) is 0 Å². The van der Waals surface area contributed by atoms with Gasteiger partial charge in [-0.15, -0.1) is 12.8 Å². The van der Waals surface area contributed by atoms with Gasteiger partial charge in [-0.2, -0.15) is 0 Å². The van der Waals surface area contributed by atoms with E-state index in [1.54, 1.807) is 0 Å². The Hall–Kier alpha value is -0.440. The van der Waals surface area contributed by atoms with Crippen LogP contribution in [0.3, 0.4) is 0 Å². The van der Waals surface area contributed by atoms with Gasteiger partial charge in [-0.05, 0) is 11.8 Å². The molecule has 0 aromatic rings. The Morgan fingerprint density at radius 1 is 1.09 bits per heavy atom. The molecule has 0 atom stereocenters. The SMILES string of the molecule is C#C.CCC1CCC(C)CC1. The van der Waals surface area contributed by atoms with Crippen LogP contribution in [-0.4, -0.2) is 0 Å². The summed E-state index contributed by atoms with van der Waals surface area (Å²) >= 11 is 0. The van der Waals surface area contributed by atoms with Crippen LogP contribution in [0.15, 0.2) is 0 Å². The Kier molecular flexibility index (Phi) is 6.03. The van der Waals surface area contributed by atoms with Crippen LogP contribution in [0.1, 0.15) is 46.0 Å². The quantitative estimate of drug-likeness (QED) is 0.505. The third kappa shape index (κ3) is 4.09. The predicted molar refractivity (Wildman–Crippen MR) is 51.3 cm³/mol. The topological polar surface area (TPSA) is 0 Å². The molecular formula is C11H20. The molecule has 11 heavy (non-hydrogen) atoms. The average Bonchev–Trinajstić information content (AvgIpc) is 2.10. The van der Waals surface area contributed by atoms with Gasteiger partial charge in [0.15, 0.2) is 0 Å². The molecule has 0 radical (unpaired) electrons. The Labute approximate surface area is 71.4 Å². The number of rotatable bonds is 1. The Morgan fingerprint density at radius 2 is 1.55 bits per heavy atom. The minimum Gasteiger partial charge on any atom is -0.124 e. The molecule has 0 saturated heterocycles. The number of terminal acetylenes is 1. The van der Waals surface area contributed by atoms with Crippen molar-refractivity contribution in [3.8, 4) is 12.8 Å². The molecule has 0 aromatic heterocycles. The third-order valence-corrected chi connectivity index (χ3v) is 2.71. The predicted octanol–water partition coefficient (Wildman–Crippen LogP) is 3.47. The molecule has 0 aromatic carbocycles. The summed E-state index contributed by atoms with van der Waals surface area (Å²) in [7, 11) is 0. The largest absolute Gasteiger partial charge is 0.124 e. The average molecular weight is 152 g/mol. The highest BCUT2D eigenvalue weighted by Gasteiger charge is 2.15. The zero-order valence-electron chi connectivity index (χ0n) is 7.84. The van der Waals surface area contributed by atoms with Gasteiger partial charge < -0.3 is 0 Å². The molecule has 0 bridgehead atoms. The number of hydrogen-bond acceptors (Lipinski definition) is 0. The van der Waals surface area contributed by atoms with Crippen LogP contribution in [0.25, 0.3) is 0 Å². The van der Waals surface area contributed by atoms with E-state index in [-0.39, 0.29) is 0 Å². The van der Waals surface area contributed by atoms with Crippen molar-refractivity contribution in [3.63, 3.8) is 0 Å². The van der Waals surface area contributed by atoms with Gasteiger partial charge in [0, 0.05) is 0 Å². The molecule has 0 unspecified atom stereocenters. The van der Waals surface area contributed by atoms with Crippen LogP contribution in [-0.2, 0) is 0 Å². The highest BCUT2D eigenvalue weighted by Crippen LogP contribution is 2.29. The minimum atomic E-state index is 1.02. The molecule has 1 saturated carbocycles. The maximum Gasteiger partial charge on any atom is -0.0417 e. The molecule has 1 fully saturated rings. The van der Waals surface area contributed by atoms with Crippen molar-refractivity contribution in [1.82, 2.24) is 0 Å². The first-order valence-electron chi connectivity index (χ1n) is 4.66. The first-order chi connectivity index (χ1) is 5.33. The van der Waals surface area contributed by atoms with Crippen molar-refractivity contribution < 1.29 is 0 Å². The summed E-state index contributed by atoms with van der Waals surface area (Å²) in [6, 6.07) is 0. The maximum atomic E-state index is 4.00. The standard InChI is InChI=1S/C9H18.C2H2/c1-3-9-6-4-8(2)5-7-9;1-2/h8-9H,3-7H2,1-2H3;1-2H. The lowest BCUT2D eigenvalue weighted by Gasteiger charge is -2.24. The van der Waals surface area contributed by atoms with Crippen molar-refractivity contribution >= 4 is 0 Å². The van der Waals surface area contributed by atoms with Gasteiger partial charge >= 0.3 is 0 Å². The van der Waals surface area contributed by atoms with Gasteiger partial charge in [0.1, 0.15) is 0 Å². The summed E-state index contributed by atoms with van der Waals surface area (Å²) in [6.45, 7) is 4.70. The third-order valence-electron chi connectivity index (χ3n) is 2.71. The maximum absolute atomic E-state index is 4.00. The molecule has 0 N–H and O–H groups in total. The van der Waals surface area contributed by atoms with E-state index >= 15 is 0 Å². The molecule has 1 aliphatic rings. The fourth-order valence-corrected chi connectivity index (χ4v) is 1.74. The summed E-state index contributed by atoms with van der Waals surface area (Å²) in [5, 5.41) is 0. The second-order valence-electron chi connectivity index (χ2n) is 3.53. The summed E-state index contributed by atoms with van der Waals surface area (Å²) in [6.07, 6.45) is 15.4. The van der Waals surface area contributed by atoms with Gasteiger partial charge in [-0.1, -0.05) is 46.0 Å². The highest BCUT2D eigenvalue weighted by atomic mass is 14.2. The summed E-state index contributed by atoms with van der Waals surface area (Å²) in [5.41, 5.74) is 0. The van der Waals surface area contributed by atoms with Crippen LogP contribution in [0, 0.1) is 24.7 Å². The van der Waals surface area contributed by atoms with Crippen molar-refractivity contribution in [2.45, 2.75) is 46.0 Å². The first kappa shape index (κ1) is 10.6.